The van der Waals surface area contributed by atoms with Gasteiger partial charge >= 0.3 is 0 Å². The van der Waals surface area contributed by atoms with Crippen LogP contribution >= 0.6 is 11.6 Å². The molecule has 3 rings (SSSR count). The summed E-state index contributed by atoms with van der Waals surface area (Å²) in [6.45, 7) is 5.43. The lowest BCUT2D eigenvalue weighted by molar-refractivity contribution is 0.149. The van der Waals surface area contributed by atoms with Crippen LogP contribution in [0.25, 0.3) is 11.1 Å². The van der Waals surface area contributed by atoms with Gasteiger partial charge in [-0.25, -0.2) is 0 Å². The fraction of sp³-hybridized carbons (Fsp3) is 0.429. The Hall–Kier alpha value is -1.51. The van der Waals surface area contributed by atoms with Gasteiger partial charge in [-0.15, -0.1) is 0 Å². The molecule has 1 saturated heterocycles. The van der Waals surface area contributed by atoms with Gasteiger partial charge in [0, 0.05) is 23.2 Å². The number of nitrogens with zero attached hydrogens (tertiary/aromatic N) is 1. The molecule has 128 valence electrons. The van der Waals surface area contributed by atoms with E-state index in [1.54, 1.807) is 0 Å². The fourth-order valence-electron chi connectivity index (χ4n) is 3.41. The van der Waals surface area contributed by atoms with Crippen LogP contribution in [0.4, 0.5) is 0 Å². The van der Waals surface area contributed by atoms with Crippen molar-refractivity contribution in [2.45, 2.75) is 38.6 Å². The molecule has 24 heavy (non-hydrogen) atoms. The van der Waals surface area contributed by atoms with Gasteiger partial charge in [0.05, 0.1) is 6.61 Å². The number of piperidine rings is 1. The van der Waals surface area contributed by atoms with Crippen molar-refractivity contribution < 1.29 is 4.74 Å². The minimum atomic E-state index is 0.717. The standard InChI is InChI=1S/C21H26ClNO/c1-17-8-5-6-13-23(17)14-7-15-24-21-12-11-19(22)16-20(21)18-9-3-2-4-10-18/h2-4,9-12,16-17H,5-8,13-15H2,1H3. The molecule has 2 aromatic carbocycles. The van der Waals surface area contributed by atoms with Crippen molar-refractivity contribution in [2.75, 3.05) is 19.7 Å². The average molecular weight is 344 g/mol. The summed E-state index contributed by atoms with van der Waals surface area (Å²) in [6.07, 6.45) is 5.09. The summed E-state index contributed by atoms with van der Waals surface area (Å²) in [4.78, 5) is 2.59. The molecule has 0 spiro atoms. The van der Waals surface area contributed by atoms with Crippen molar-refractivity contribution in [3.8, 4) is 16.9 Å². The van der Waals surface area contributed by atoms with E-state index in [9.17, 15) is 0 Å². The molecule has 1 aliphatic rings. The monoisotopic (exact) mass is 343 g/mol. The Labute approximate surface area is 150 Å². The predicted molar refractivity (Wildman–Crippen MR) is 102 cm³/mol. The van der Waals surface area contributed by atoms with Gasteiger partial charge in [0.25, 0.3) is 0 Å². The largest absolute Gasteiger partial charge is 0.493 e. The molecule has 0 aromatic heterocycles. The number of hydrogen-bond donors (Lipinski definition) is 0. The summed E-state index contributed by atoms with van der Waals surface area (Å²) >= 11 is 6.18. The van der Waals surface area contributed by atoms with Crippen LogP contribution in [-0.2, 0) is 0 Å². The summed E-state index contributed by atoms with van der Waals surface area (Å²) in [5, 5.41) is 0.739. The Kier molecular flexibility index (Phi) is 6.17. The highest BCUT2D eigenvalue weighted by atomic mass is 35.5. The molecule has 1 unspecified atom stereocenters. The predicted octanol–water partition coefficient (Wildman–Crippen LogP) is 5.65. The van der Waals surface area contributed by atoms with Crippen LogP contribution in [0.3, 0.4) is 0 Å². The highest BCUT2D eigenvalue weighted by molar-refractivity contribution is 6.31. The lowest BCUT2D eigenvalue weighted by Gasteiger charge is -2.33. The Balaban J connectivity index is 1.59. The van der Waals surface area contributed by atoms with E-state index < -0.39 is 0 Å². The third-order valence-electron chi connectivity index (χ3n) is 4.81. The summed E-state index contributed by atoms with van der Waals surface area (Å²) in [5.74, 6) is 0.914. The molecule has 0 amide bonds. The Morgan fingerprint density at radius 1 is 1.12 bits per heavy atom. The van der Waals surface area contributed by atoms with Gasteiger partial charge in [0.2, 0.25) is 0 Å². The molecular formula is C21H26ClNO. The number of hydrogen-bond acceptors (Lipinski definition) is 2. The van der Waals surface area contributed by atoms with E-state index in [2.05, 4.69) is 24.0 Å². The molecule has 2 nitrogen and oxygen atoms in total. The first-order valence-corrected chi connectivity index (χ1v) is 9.33. The Morgan fingerprint density at radius 3 is 2.75 bits per heavy atom. The number of benzene rings is 2. The first kappa shape index (κ1) is 17.3. The molecule has 1 fully saturated rings. The molecule has 2 aromatic rings. The lowest BCUT2D eigenvalue weighted by atomic mass is 10.0. The number of likely N-dealkylation sites (tertiary alicyclic amines) is 1. The zero-order valence-electron chi connectivity index (χ0n) is 14.4. The van der Waals surface area contributed by atoms with Gasteiger partial charge in [-0.05, 0) is 56.5 Å². The highest BCUT2D eigenvalue weighted by Crippen LogP contribution is 2.32. The molecule has 1 heterocycles. The molecule has 0 aliphatic carbocycles. The molecule has 0 radical (unpaired) electrons. The minimum absolute atomic E-state index is 0.717. The van der Waals surface area contributed by atoms with Gasteiger partial charge in [-0.3, -0.25) is 0 Å². The maximum atomic E-state index is 6.18. The van der Waals surface area contributed by atoms with Crippen LogP contribution in [0.1, 0.15) is 32.6 Å². The van der Waals surface area contributed by atoms with Crippen molar-refractivity contribution in [1.82, 2.24) is 4.90 Å². The molecule has 3 heteroatoms. The van der Waals surface area contributed by atoms with Crippen LogP contribution in [0.15, 0.2) is 48.5 Å². The summed E-state index contributed by atoms with van der Waals surface area (Å²) < 4.78 is 6.09. The van der Waals surface area contributed by atoms with E-state index in [4.69, 9.17) is 16.3 Å². The van der Waals surface area contributed by atoms with Gasteiger partial charge in [0.1, 0.15) is 5.75 Å². The number of rotatable bonds is 6. The second-order valence-electron chi connectivity index (χ2n) is 6.59. The third-order valence-corrected chi connectivity index (χ3v) is 5.05. The molecule has 0 bridgehead atoms. The minimum Gasteiger partial charge on any atom is -0.493 e. The number of ether oxygens (including phenoxy) is 1. The molecule has 1 atom stereocenters. The van der Waals surface area contributed by atoms with Gasteiger partial charge in [-0.1, -0.05) is 48.4 Å². The van der Waals surface area contributed by atoms with Crippen LogP contribution in [0.5, 0.6) is 5.75 Å². The van der Waals surface area contributed by atoms with Crippen LogP contribution in [0, 0.1) is 0 Å². The third kappa shape index (κ3) is 4.52. The average Bonchev–Trinajstić information content (AvgIpc) is 2.62. The first-order valence-electron chi connectivity index (χ1n) is 8.96. The van der Waals surface area contributed by atoms with Crippen LogP contribution in [0.2, 0.25) is 5.02 Å². The summed E-state index contributed by atoms with van der Waals surface area (Å²) in [7, 11) is 0. The normalized spacial score (nSPS) is 18.5. The van der Waals surface area contributed by atoms with Crippen molar-refractivity contribution in [3.05, 3.63) is 53.6 Å². The van der Waals surface area contributed by atoms with Gasteiger partial charge in [-0.2, -0.15) is 0 Å². The van der Waals surface area contributed by atoms with E-state index in [0.717, 1.165) is 41.5 Å². The SMILES string of the molecule is CC1CCCCN1CCCOc1ccc(Cl)cc1-c1ccccc1. The summed E-state index contributed by atoms with van der Waals surface area (Å²) in [5.41, 5.74) is 2.20. The Morgan fingerprint density at radius 2 is 1.96 bits per heavy atom. The molecule has 1 aliphatic heterocycles. The van der Waals surface area contributed by atoms with E-state index in [0.29, 0.717) is 6.04 Å². The van der Waals surface area contributed by atoms with E-state index in [1.807, 2.05) is 36.4 Å². The van der Waals surface area contributed by atoms with E-state index in [-0.39, 0.29) is 0 Å². The van der Waals surface area contributed by atoms with Crippen LogP contribution < -0.4 is 4.74 Å². The van der Waals surface area contributed by atoms with E-state index in [1.165, 1.54) is 25.8 Å². The van der Waals surface area contributed by atoms with Gasteiger partial charge in [0.15, 0.2) is 0 Å². The number of halogens is 1. The fourth-order valence-corrected chi connectivity index (χ4v) is 3.58. The van der Waals surface area contributed by atoms with Crippen LogP contribution in [-0.4, -0.2) is 30.6 Å². The zero-order valence-corrected chi connectivity index (χ0v) is 15.1. The van der Waals surface area contributed by atoms with Crippen molar-refractivity contribution >= 4 is 11.6 Å². The topological polar surface area (TPSA) is 12.5 Å². The van der Waals surface area contributed by atoms with Gasteiger partial charge < -0.3 is 9.64 Å². The molecule has 0 saturated carbocycles. The van der Waals surface area contributed by atoms with Crippen molar-refractivity contribution in [3.63, 3.8) is 0 Å². The lowest BCUT2D eigenvalue weighted by Crippen LogP contribution is -2.38. The quantitative estimate of drug-likeness (QED) is 0.628. The second kappa shape index (κ2) is 8.55. The smallest absolute Gasteiger partial charge is 0.127 e. The van der Waals surface area contributed by atoms with E-state index >= 15 is 0 Å². The molecular weight excluding hydrogens is 318 g/mol. The maximum Gasteiger partial charge on any atom is 0.127 e. The second-order valence-corrected chi connectivity index (χ2v) is 7.03. The summed E-state index contributed by atoms with van der Waals surface area (Å²) in [6, 6.07) is 16.9. The van der Waals surface area contributed by atoms with Crippen molar-refractivity contribution in [2.24, 2.45) is 0 Å². The zero-order chi connectivity index (χ0) is 16.8. The highest BCUT2D eigenvalue weighted by Gasteiger charge is 2.17. The molecule has 0 N–H and O–H groups in total. The Bertz CT molecular complexity index is 644. The first-order chi connectivity index (χ1) is 11.7. The van der Waals surface area contributed by atoms with Crippen molar-refractivity contribution in [1.29, 1.82) is 0 Å². The maximum absolute atomic E-state index is 6.18.